The van der Waals surface area contributed by atoms with E-state index in [0.717, 1.165) is 6.07 Å². The molecule has 0 amide bonds. The number of nitrogen functional groups attached to an aromatic ring is 1. The van der Waals surface area contributed by atoms with Crippen LogP contribution in [0.4, 0.5) is 18.9 Å². The van der Waals surface area contributed by atoms with E-state index in [2.05, 4.69) is 15.9 Å². The largest absolute Gasteiger partial charge is 0.455 e. The van der Waals surface area contributed by atoms with Crippen LogP contribution in [0.1, 0.15) is 5.56 Å². The normalized spacial score (nSPS) is 11.4. The summed E-state index contributed by atoms with van der Waals surface area (Å²) in [4.78, 5) is 0. The van der Waals surface area contributed by atoms with Gasteiger partial charge in [0.25, 0.3) is 0 Å². The highest BCUT2D eigenvalue weighted by Gasteiger charge is 2.35. The minimum atomic E-state index is -4.54. The van der Waals surface area contributed by atoms with Crippen molar-refractivity contribution < 1.29 is 17.9 Å². The second kappa shape index (κ2) is 5.54. The predicted octanol–water partition coefficient (Wildman–Crippen LogP) is 5.50. The van der Waals surface area contributed by atoms with Gasteiger partial charge in [-0.2, -0.15) is 13.2 Å². The lowest BCUT2D eigenvalue weighted by Gasteiger charge is -2.15. The first-order chi connectivity index (χ1) is 9.27. The van der Waals surface area contributed by atoms with Gasteiger partial charge in [0.15, 0.2) is 5.75 Å². The fraction of sp³-hybridized carbons (Fsp3) is 0.0769. The number of ether oxygens (including phenoxy) is 1. The van der Waals surface area contributed by atoms with E-state index in [1.807, 2.05) is 0 Å². The Bertz CT molecular complexity index is 646. The van der Waals surface area contributed by atoms with Crippen LogP contribution < -0.4 is 10.5 Å². The highest BCUT2D eigenvalue weighted by atomic mass is 79.9. The third-order valence-corrected chi connectivity index (χ3v) is 3.17. The number of benzene rings is 2. The third kappa shape index (κ3) is 3.37. The maximum Gasteiger partial charge on any atom is 0.420 e. The van der Waals surface area contributed by atoms with E-state index in [9.17, 15) is 13.2 Å². The lowest BCUT2D eigenvalue weighted by atomic mass is 10.2. The van der Waals surface area contributed by atoms with Gasteiger partial charge in [0.05, 0.1) is 11.3 Å². The van der Waals surface area contributed by atoms with Gasteiger partial charge in [-0.1, -0.05) is 27.5 Å². The molecule has 0 aliphatic rings. The van der Waals surface area contributed by atoms with Gasteiger partial charge in [-0.15, -0.1) is 0 Å². The van der Waals surface area contributed by atoms with Gasteiger partial charge in [0, 0.05) is 15.6 Å². The quantitative estimate of drug-likeness (QED) is 0.713. The van der Waals surface area contributed by atoms with E-state index in [4.69, 9.17) is 22.1 Å². The van der Waals surface area contributed by atoms with Crippen LogP contribution >= 0.6 is 27.5 Å². The van der Waals surface area contributed by atoms with E-state index in [1.165, 1.54) is 30.3 Å². The number of hydrogen-bond acceptors (Lipinski definition) is 2. The average molecular weight is 367 g/mol. The molecule has 2 aromatic carbocycles. The van der Waals surface area contributed by atoms with Crippen LogP contribution in [-0.4, -0.2) is 0 Å². The molecular weight excluding hydrogens is 358 g/mol. The summed E-state index contributed by atoms with van der Waals surface area (Å²) in [7, 11) is 0. The molecular formula is C13H8BrClF3NO. The second-order valence-corrected chi connectivity index (χ2v) is 5.27. The molecule has 2 N–H and O–H groups in total. The van der Waals surface area contributed by atoms with E-state index in [0.29, 0.717) is 9.50 Å². The van der Waals surface area contributed by atoms with Gasteiger partial charge >= 0.3 is 6.18 Å². The first kappa shape index (κ1) is 15.0. The number of anilines is 1. The van der Waals surface area contributed by atoms with Gasteiger partial charge in [-0.3, -0.25) is 0 Å². The molecule has 2 nitrogen and oxygen atoms in total. The summed E-state index contributed by atoms with van der Waals surface area (Å²) in [6, 6.07) is 7.95. The molecule has 0 aromatic heterocycles. The van der Waals surface area contributed by atoms with Crippen molar-refractivity contribution in [1.82, 2.24) is 0 Å². The van der Waals surface area contributed by atoms with Crippen LogP contribution in [0.5, 0.6) is 11.5 Å². The molecule has 0 heterocycles. The van der Waals surface area contributed by atoms with Gasteiger partial charge in [-0.25, -0.2) is 0 Å². The Balaban J connectivity index is 2.46. The summed E-state index contributed by atoms with van der Waals surface area (Å²) in [5.74, 6) is -0.264. The number of hydrogen-bond donors (Lipinski definition) is 1. The maximum atomic E-state index is 13.0. The number of rotatable bonds is 2. The topological polar surface area (TPSA) is 35.2 Å². The Morgan fingerprint density at radius 1 is 1.05 bits per heavy atom. The average Bonchev–Trinajstić information content (AvgIpc) is 2.34. The lowest BCUT2D eigenvalue weighted by Crippen LogP contribution is -2.07. The Labute approximate surface area is 126 Å². The van der Waals surface area contributed by atoms with E-state index >= 15 is 0 Å². The molecule has 0 aliphatic carbocycles. The zero-order valence-corrected chi connectivity index (χ0v) is 12.2. The summed E-state index contributed by atoms with van der Waals surface area (Å²) in [6.45, 7) is 0. The molecule has 0 bridgehead atoms. The highest BCUT2D eigenvalue weighted by molar-refractivity contribution is 9.10. The van der Waals surface area contributed by atoms with Crippen molar-refractivity contribution in [3.63, 3.8) is 0 Å². The minimum absolute atomic E-state index is 0.0744. The first-order valence-electron chi connectivity index (χ1n) is 5.37. The maximum absolute atomic E-state index is 13.0. The summed E-state index contributed by atoms with van der Waals surface area (Å²) in [6.07, 6.45) is -4.54. The summed E-state index contributed by atoms with van der Waals surface area (Å²) < 4.78 is 44.4. The van der Waals surface area contributed by atoms with Gasteiger partial charge in [-0.05, 0) is 30.3 Å². The van der Waals surface area contributed by atoms with Crippen molar-refractivity contribution in [1.29, 1.82) is 0 Å². The molecule has 106 valence electrons. The number of halogens is 5. The molecule has 0 saturated carbocycles. The third-order valence-electron chi connectivity index (χ3n) is 2.44. The lowest BCUT2D eigenvalue weighted by molar-refractivity contribution is -0.138. The van der Waals surface area contributed by atoms with Crippen molar-refractivity contribution in [3.05, 3.63) is 51.5 Å². The molecule has 7 heteroatoms. The van der Waals surface area contributed by atoms with Crippen LogP contribution in [0.3, 0.4) is 0 Å². The summed E-state index contributed by atoms with van der Waals surface area (Å²) in [5, 5.41) is 0.319. The molecule has 0 spiro atoms. The van der Waals surface area contributed by atoms with Gasteiger partial charge < -0.3 is 10.5 Å². The standard InChI is InChI=1S/C13H8BrClF3NO/c14-7-1-4-11(9(5-7)13(16,17)18)20-12-6-8(15)2-3-10(12)19/h1-6H,19H2. The van der Waals surface area contributed by atoms with E-state index < -0.39 is 11.7 Å². The van der Waals surface area contributed by atoms with Crippen molar-refractivity contribution in [2.45, 2.75) is 6.18 Å². The van der Waals surface area contributed by atoms with E-state index in [-0.39, 0.29) is 17.2 Å². The highest BCUT2D eigenvalue weighted by Crippen LogP contribution is 2.40. The first-order valence-corrected chi connectivity index (χ1v) is 6.54. The summed E-state index contributed by atoms with van der Waals surface area (Å²) in [5.41, 5.74) is 4.95. The molecule has 2 aromatic rings. The molecule has 0 fully saturated rings. The van der Waals surface area contributed by atoms with Crippen LogP contribution in [0, 0.1) is 0 Å². The fourth-order valence-corrected chi connectivity index (χ4v) is 2.05. The molecule has 2 rings (SSSR count). The monoisotopic (exact) mass is 365 g/mol. The Kier molecular flexibility index (Phi) is 4.15. The number of alkyl halides is 3. The SMILES string of the molecule is Nc1ccc(Cl)cc1Oc1ccc(Br)cc1C(F)(F)F. The molecule has 20 heavy (non-hydrogen) atoms. The van der Waals surface area contributed by atoms with Crippen LogP contribution in [0.15, 0.2) is 40.9 Å². The molecule has 0 saturated heterocycles. The van der Waals surface area contributed by atoms with Crippen LogP contribution in [0.2, 0.25) is 5.02 Å². The van der Waals surface area contributed by atoms with Crippen molar-refractivity contribution in [2.75, 3.05) is 5.73 Å². The van der Waals surface area contributed by atoms with Gasteiger partial charge in [0.1, 0.15) is 5.75 Å². The summed E-state index contributed by atoms with van der Waals surface area (Å²) >= 11 is 8.77. The van der Waals surface area contributed by atoms with Crippen molar-refractivity contribution in [2.24, 2.45) is 0 Å². The predicted molar refractivity (Wildman–Crippen MR) is 75.1 cm³/mol. The Morgan fingerprint density at radius 3 is 2.40 bits per heavy atom. The van der Waals surface area contributed by atoms with E-state index in [1.54, 1.807) is 0 Å². The zero-order chi connectivity index (χ0) is 14.9. The smallest absolute Gasteiger partial charge is 0.420 e. The zero-order valence-electron chi connectivity index (χ0n) is 9.84. The fourth-order valence-electron chi connectivity index (χ4n) is 1.53. The number of nitrogens with two attached hydrogens (primary N) is 1. The van der Waals surface area contributed by atoms with Gasteiger partial charge in [0.2, 0.25) is 0 Å². The van der Waals surface area contributed by atoms with Crippen molar-refractivity contribution >= 4 is 33.2 Å². The minimum Gasteiger partial charge on any atom is -0.455 e. The molecule has 0 aliphatic heterocycles. The van der Waals surface area contributed by atoms with Crippen LogP contribution in [-0.2, 0) is 6.18 Å². The van der Waals surface area contributed by atoms with Crippen molar-refractivity contribution in [3.8, 4) is 11.5 Å². The molecule has 0 radical (unpaired) electrons. The molecule has 0 atom stereocenters. The second-order valence-electron chi connectivity index (χ2n) is 3.92. The Hall–Kier alpha value is -1.40. The van der Waals surface area contributed by atoms with Crippen LogP contribution in [0.25, 0.3) is 0 Å². The molecule has 0 unspecified atom stereocenters. The Morgan fingerprint density at radius 2 is 1.75 bits per heavy atom.